The summed E-state index contributed by atoms with van der Waals surface area (Å²) in [7, 11) is 1.34. The molecule has 0 aliphatic heterocycles. The highest BCUT2D eigenvalue weighted by molar-refractivity contribution is 7.99. The molecule has 35 heavy (non-hydrogen) atoms. The fraction of sp³-hybridized carbons (Fsp3) is 0.200. The number of nitrogens with zero attached hydrogens (tertiary/aromatic N) is 3. The van der Waals surface area contributed by atoms with Crippen LogP contribution in [0.3, 0.4) is 0 Å². The first-order valence-corrected chi connectivity index (χ1v) is 13.5. The van der Waals surface area contributed by atoms with E-state index in [0.29, 0.717) is 22.3 Å². The number of methoxy groups -OCH3 is 1. The molecular formula is C25H24N4O3S3. The lowest BCUT2D eigenvalue weighted by Crippen LogP contribution is -2.16. The van der Waals surface area contributed by atoms with Gasteiger partial charge in [0.25, 0.3) is 0 Å². The molecule has 3 aromatic heterocycles. The minimum atomic E-state index is -0.489. The number of thiophene rings is 2. The number of hydrogen-bond donors (Lipinski definition) is 1. The second kappa shape index (κ2) is 11.0. The van der Waals surface area contributed by atoms with Crippen LogP contribution in [0.5, 0.6) is 0 Å². The van der Waals surface area contributed by atoms with E-state index in [1.54, 1.807) is 17.4 Å². The summed E-state index contributed by atoms with van der Waals surface area (Å²) in [5.74, 6) is 0.112. The van der Waals surface area contributed by atoms with Crippen LogP contribution in [0.25, 0.3) is 21.8 Å². The van der Waals surface area contributed by atoms with Crippen molar-refractivity contribution >= 4 is 51.3 Å². The number of carbonyl (C=O) groups excluding carboxylic acids is 2. The van der Waals surface area contributed by atoms with Crippen LogP contribution in [0, 0.1) is 13.8 Å². The molecule has 0 aliphatic rings. The molecule has 4 aromatic rings. The van der Waals surface area contributed by atoms with E-state index in [-0.39, 0.29) is 11.7 Å². The number of rotatable bonds is 9. The maximum absolute atomic E-state index is 12.9. The van der Waals surface area contributed by atoms with E-state index in [2.05, 4.69) is 22.1 Å². The molecule has 1 N–H and O–H groups in total. The zero-order chi connectivity index (χ0) is 24.9. The van der Waals surface area contributed by atoms with Gasteiger partial charge in [-0.05, 0) is 36.4 Å². The lowest BCUT2D eigenvalue weighted by atomic mass is 9.97. The lowest BCUT2D eigenvalue weighted by Gasteiger charge is -2.10. The Morgan fingerprint density at radius 2 is 2.03 bits per heavy atom. The van der Waals surface area contributed by atoms with Gasteiger partial charge in [-0.1, -0.05) is 47.7 Å². The molecule has 1 amide bonds. The number of benzene rings is 1. The quantitative estimate of drug-likeness (QED) is 0.163. The summed E-state index contributed by atoms with van der Waals surface area (Å²) in [5.41, 5.74) is 4.17. The number of esters is 1. The molecule has 4 rings (SSSR count). The van der Waals surface area contributed by atoms with Gasteiger partial charge in [0.2, 0.25) is 5.91 Å². The topological polar surface area (TPSA) is 86.1 Å². The van der Waals surface area contributed by atoms with Gasteiger partial charge in [0.05, 0.1) is 17.7 Å². The van der Waals surface area contributed by atoms with Crippen LogP contribution in [0.15, 0.2) is 58.9 Å². The van der Waals surface area contributed by atoms with E-state index in [9.17, 15) is 9.59 Å². The van der Waals surface area contributed by atoms with Gasteiger partial charge in [-0.2, -0.15) is 0 Å². The zero-order valence-electron chi connectivity index (χ0n) is 19.5. The van der Waals surface area contributed by atoms with Gasteiger partial charge in [-0.25, -0.2) is 4.79 Å². The molecule has 180 valence electrons. The van der Waals surface area contributed by atoms with Gasteiger partial charge in [0.1, 0.15) is 10.6 Å². The van der Waals surface area contributed by atoms with E-state index < -0.39 is 5.97 Å². The number of amides is 1. The van der Waals surface area contributed by atoms with Gasteiger partial charge in [-0.15, -0.1) is 39.4 Å². The van der Waals surface area contributed by atoms with Crippen LogP contribution in [0.2, 0.25) is 0 Å². The molecule has 1 aromatic carbocycles. The first-order valence-electron chi connectivity index (χ1n) is 10.7. The lowest BCUT2D eigenvalue weighted by molar-refractivity contribution is -0.113. The second-order valence-electron chi connectivity index (χ2n) is 7.68. The standard InChI is InChI=1S/C25H24N4O3S3/c1-5-10-29-22(19-7-6-11-33-19)27-28-25(29)35-14-20(30)26-23-21(24(31)32-4)18(13-34-23)17-12-15(2)8-9-16(17)3/h5-9,11-13H,1,10,14H2,2-4H3,(H,26,30). The highest BCUT2D eigenvalue weighted by Crippen LogP contribution is 2.38. The maximum Gasteiger partial charge on any atom is 0.341 e. The summed E-state index contributed by atoms with van der Waals surface area (Å²) < 4.78 is 6.97. The van der Waals surface area contributed by atoms with Crippen molar-refractivity contribution in [3.05, 3.63) is 70.4 Å². The predicted octanol–water partition coefficient (Wildman–Crippen LogP) is 6.06. The fourth-order valence-corrected chi connectivity index (χ4v) is 5.98. The van der Waals surface area contributed by atoms with E-state index in [1.165, 1.54) is 30.2 Å². The third-order valence-electron chi connectivity index (χ3n) is 5.22. The number of hydrogen-bond acceptors (Lipinski definition) is 8. The first kappa shape index (κ1) is 24.9. The number of thioether (sulfide) groups is 1. The average Bonchev–Trinajstić information content (AvgIpc) is 3.59. The Bertz CT molecular complexity index is 1370. The Kier molecular flexibility index (Phi) is 7.84. The van der Waals surface area contributed by atoms with Crippen molar-refractivity contribution in [1.82, 2.24) is 14.8 Å². The van der Waals surface area contributed by atoms with E-state index in [0.717, 1.165) is 33.0 Å². The average molecular weight is 525 g/mol. The highest BCUT2D eigenvalue weighted by Gasteiger charge is 2.24. The molecule has 0 aliphatic carbocycles. The van der Waals surface area contributed by atoms with Crippen LogP contribution in [0.1, 0.15) is 21.5 Å². The van der Waals surface area contributed by atoms with Crippen molar-refractivity contribution in [2.75, 3.05) is 18.2 Å². The van der Waals surface area contributed by atoms with Crippen molar-refractivity contribution in [2.45, 2.75) is 25.5 Å². The number of allylic oxidation sites excluding steroid dienone is 1. The van der Waals surface area contributed by atoms with Crippen molar-refractivity contribution < 1.29 is 14.3 Å². The molecule has 0 bridgehead atoms. The highest BCUT2D eigenvalue weighted by atomic mass is 32.2. The number of aromatic nitrogens is 3. The number of nitrogens with one attached hydrogen (secondary N) is 1. The summed E-state index contributed by atoms with van der Waals surface area (Å²) in [4.78, 5) is 26.5. The van der Waals surface area contributed by atoms with Gasteiger partial charge in [0, 0.05) is 17.5 Å². The molecular weight excluding hydrogens is 501 g/mol. The maximum atomic E-state index is 12.9. The van der Waals surface area contributed by atoms with Crippen LogP contribution in [-0.2, 0) is 16.1 Å². The van der Waals surface area contributed by atoms with Crippen molar-refractivity contribution in [3.8, 4) is 21.8 Å². The molecule has 0 radical (unpaired) electrons. The monoisotopic (exact) mass is 524 g/mol. The van der Waals surface area contributed by atoms with Gasteiger partial charge < -0.3 is 10.1 Å². The minimum Gasteiger partial charge on any atom is -0.465 e. The SMILES string of the molecule is C=CCn1c(SCC(=O)Nc2scc(-c3cc(C)ccc3C)c2C(=O)OC)nnc1-c1cccs1. The van der Waals surface area contributed by atoms with Gasteiger partial charge in [0.15, 0.2) is 11.0 Å². The van der Waals surface area contributed by atoms with Crippen LogP contribution in [-0.4, -0.2) is 39.5 Å². The summed E-state index contributed by atoms with van der Waals surface area (Å²) in [6.45, 7) is 8.34. The number of anilines is 1. The van der Waals surface area contributed by atoms with Crippen molar-refractivity contribution in [2.24, 2.45) is 0 Å². The van der Waals surface area contributed by atoms with E-state index in [1.807, 2.05) is 59.5 Å². The van der Waals surface area contributed by atoms with Crippen LogP contribution >= 0.6 is 34.4 Å². The third kappa shape index (κ3) is 5.39. The largest absolute Gasteiger partial charge is 0.465 e. The van der Waals surface area contributed by atoms with Crippen molar-refractivity contribution in [1.29, 1.82) is 0 Å². The Hall–Kier alpha value is -3.21. The smallest absolute Gasteiger partial charge is 0.341 e. The Morgan fingerprint density at radius 1 is 1.20 bits per heavy atom. The Labute approximate surface area is 215 Å². The Balaban J connectivity index is 1.54. The van der Waals surface area contributed by atoms with E-state index >= 15 is 0 Å². The molecule has 0 unspecified atom stereocenters. The summed E-state index contributed by atoms with van der Waals surface area (Å²) >= 11 is 4.16. The molecule has 0 saturated heterocycles. The second-order valence-corrected chi connectivity index (χ2v) is 10.5. The molecule has 7 nitrogen and oxygen atoms in total. The summed E-state index contributed by atoms with van der Waals surface area (Å²) in [5, 5.41) is 16.4. The molecule has 0 fully saturated rings. The van der Waals surface area contributed by atoms with Crippen LogP contribution < -0.4 is 5.32 Å². The normalized spacial score (nSPS) is 10.8. The number of carbonyl (C=O) groups is 2. The number of aryl methyl sites for hydroxylation is 2. The van der Waals surface area contributed by atoms with Gasteiger partial charge >= 0.3 is 5.97 Å². The third-order valence-corrected chi connectivity index (χ3v) is 7.95. The number of ether oxygens (including phenoxy) is 1. The molecule has 3 heterocycles. The predicted molar refractivity (Wildman–Crippen MR) is 143 cm³/mol. The molecule has 0 saturated carbocycles. The molecule has 10 heteroatoms. The summed E-state index contributed by atoms with van der Waals surface area (Å²) in [6.07, 6.45) is 1.77. The molecule has 0 atom stereocenters. The van der Waals surface area contributed by atoms with Crippen molar-refractivity contribution in [3.63, 3.8) is 0 Å². The van der Waals surface area contributed by atoms with Crippen LogP contribution in [0.4, 0.5) is 5.00 Å². The molecule has 0 spiro atoms. The minimum absolute atomic E-state index is 0.108. The summed E-state index contributed by atoms with van der Waals surface area (Å²) in [6, 6.07) is 10.0. The Morgan fingerprint density at radius 3 is 2.74 bits per heavy atom. The van der Waals surface area contributed by atoms with Gasteiger partial charge in [-0.3, -0.25) is 9.36 Å². The van der Waals surface area contributed by atoms with E-state index in [4.69, 9.17) is 4.74 Å². The first-order chi connectivity index (χ1) is 16.9. The fourth-order valence-electron chi connectivity index (χ4n) is 3.55. The zero-order valence-corrected chi connectivity index (χ0v) is 22.0.